The van der Waals surface area contributed by atoms with Crippen LogP contribution in [0.1, 0.15) is 10.4 Å². The van der Waals surface area contributed by atoms with Crippen molar-refractivity contribution in [2.45, 2.75) is 0 Å². The molecule has 0 aromatic heterocycles. The van der Waals surface area contributed by atoms with Crippen LogP contribution in [0, 0.1) is 11.6 Å². The van der Waals surface area contributed by atoms with Gasteiger partial charge < -0.3 is 11.1 Å². The van der Waals surface area contributed by atoms with Crippen molar-refractivity contribution < 1.29 is 13.6 Å². The highest BCUT2D eigenvalue weighted by Crippen LogP contribution is 2.26. The van der Waals surface area contributed by atoms with Gasteiger partial charge in [-0.15, -0.1) is 0 Å². The first-order valence-electron chi connectivity index (χ1n) is 5.39. The third kappa shape index (κ3) is 3.08. The van der Waals surface area contributed by atoms with Gasteiger partial charge in [-0.3, -0.25) is 4.79 Å². The Hall–Kier alpha value is -1.66. The summed E-state index contributed by atoms with van der Waals surface area (Å²) in [5, 5.41) is 2.88. The van der Waals surface area contributed by atoms with Crippen molar-refractivity contribution >= 4 is 44.8 Å². The smallest absolute Gasteiger partial charge is 0.255 e. The van der Waals surface area contributed by atoms with Gasteiger partial charge in [0.05, 0.1) is 5.02 Å². The SMILES string of the molecule is Nc1c(F)cc(C(=O)Nc2ccc(Br)c(Cl)c2)cc1F. The summed E-state index contributed by atoms with van der Waals surface area (Å²) in [6.07, 6.45) is 0. The van der Waals surface area contributed by atoms with Crippen LogP contribution in [0.4, 0.5) is 20.2 Å². The number of nitrogen functional groups attached to an aromatic ring is 1. The molecular formula is C13H8BrClF2N2O. The molecule has 104 valence electrons. The van der Waals surface area contributed by atoms with E-state index in [1.54, 1.807) is 12.1 Å². The number of nitrogens with two attached hydrogens (primary N) is 1. The molecule has 1 amide bonds. The van der Waals surface area contributed by atoms with E-state index >= 15 is 0 Å². The summed E-state index contributed by atoms with van der Waals surface area (Å²) < 4.78 is 27.2. The Balaban J connectivity index is 2.26. The molecule has 0 fully saturated rings. The molecule has 7 heteroatoms. The number of carbonyl (C=O) groups is 1. The van der Waals surface area contributed by atoms with Crippen LogP contribution in [0.5, 0.6) is 0 Å². The van der Waals surface area contributed by atoms with Gasteiger partial charge in [0.2, 0.25) is 0 Å². The number of anilines is 2. The predicted molar refractivity (Wildman–Crippen MR) is 77.9 cm³/mol. The van der Waals surface area contributed by atoms with Crippen LogP contribution in [0.15, 0.2) is 34.8 Å². The van der Waals surface area contributed by atoms with Crippen molar-refractivity contribution in [3.05, 3.63) is 57.0 Å². The summed E-state index contributed by atoms with van der Waals surface area (Å²) in [6.45, 7) is 0. The highest BCUT2D eigenvalue weighted by Gasteiger charge is 2.13. The number of hydrogen-bond acceptors (Lipinski definition) is 2. The van der Waals surface area contributed by atoms with Crippen molar-refractivity contribution in [1.29, 1.82) is 0 Å². The molecule has 0 spiro atoms. The largest absolute Gasteiger partial charge is 0.394 e. The van der Waals surface area contributed by atoms with Gasteiger partial charge >= 0.3 is 0 Å². The lowest BCUT2D eigenvalue weighted by molar-refractivity contribution is 0.102. The molecule has 0 radical (unpaired) electrons. The Bertz CT molecular complexity index is 671. The van der Waals surface area contributed by atoms with Gasteiger partial charge in [-0.05, 0) is 46.3 Å². The number of benzene rings is 2. The molecule has 3 N–H and O–H groups in total. The van der Waals surface area contributed by atoms with E-state index < -0.39 is 23.2 Å². The van der Waals surface area contributed by atoms with Gasteiger partial charge in [0.15, 0.2) is 0 Å². The summed E-state index contributed by atoms with van der Waals surface area (Å²) >= 11 is 9.09. The van der Waals surface area contributed by atoms with Crippen LogP contribution in [0.3, 0.4) is 0 Å². The number of carbonyl (C=O) groups excluding carboxylic acids is 1. The van der Waals surface area contributed by atoms with Crippen LogP contribution in [0.2, 0.25) is 5.02 Å². The minimum absolute atomic E-state index is 0.173. The molecule has 2 rings (SSSR count). The summed E-state index contributed by atoms with van der Waals surface area (Å²) in [7, 11) is 0. The van der Waals surface area contributed by atoms with E-state index in [1.807, 2.05) is 0 Å². The van der Waals surface area contributed by atoms with Gasteiger partial charge in [0.25, 0.3) is 5.91 Å². The second-order valence-corrected chi connectivity index (χ2v) is 5.20. The zero-order valence-electron chi connectivity index (χ0n) is 9.88. The minimum atomic E-state index is -0.982. The standard InChI is InChI=1S/C13H8BrClF2N2O/c14-8-2-1-7(5-9(8)15)19-13(20)6-3-10(16)12(18)11(17)4-6/h1-5H,18H2,(H,19,20). The first-order valence-corrected chi connectivity index (χ1v) is 6.56. The van der Waals surface area contributed by atoms with Crippen molar-refractivity contribution in [1.82, 2.24) is 0 Å². The lowest BCUT2D eigenvalue weighted by Gasteiger charge is -2.08. The fraction of sp³-hybridized carbons (Fsp3) is 0. The molecule has 2 aromatic rings. The van der Waals surface area contributed by atoms with Gasteiger partial charge in [0.1, 0.15) is 17.3 Å². The zero-order chi connectivity index (χ0) is 14.9. The summed E-state index contributed by atoms with van der Waals surface area (Å²) in [5.41, 5.74) is 4.75. The Morgan fingerprint density at radius 2 is 1.80 bits per heavy atom. The Labute approximate surface area is 126 Å². The number of halogens is 4. The number of rotatable bonds is 2. The maximum Gasteiger partial charge on any atom is 0.255 e. The van der Waals surface area contributed by atoms with Gasteiger partial charge in [-0.25, -0.2) is 8.78 Å². The first-order chi connectivity index (χ1) is 9.38. The lowest BCUT2D eigenvalue weighted by Crippen LogP contribution is -2.13. The lowest BCUT2D eigenvalue weighted by atomic mass is 10.1. The van der Waals surface area contributed by atoms with E-state index in [4.69, 9.17) is 17.3 Å². The predicted octanol–water partition coefficient (Wildman–Crippen LogP) is 4.22. The highest BCUT2D eigenvalue weighted by molar-refractivity contribution is 9.10. The summed E-state index contributed by atoms with van der Waals surface area (Å²) in [5.74, 6) is -2.63. The molecular weight excluding hydrogens is 354 g/mol. The monoisotopic (exact) mass is 360 g/mol. The molecule has 0 aliphatic heterocycles. The molecule has 0 heterocycles. The van der Waals surface area contributed by atoms with E-state index in [9.17, 15) is 13.6 Å². The average molecular weight is 362 g/mol. The van der Waals surface area contributed by atoms with Crippen LogP contribution >= 0.6 is 27.5 Å². The Kier molecular flexibility index (Phi) is 4.25. The van der Waals surface area contributed by atoms with E-state index in [0.717, 1.165) is 12.1 Å². The average Bonchev–Trinajstić information content (AvgIpc) is 2.39. The minimum Gasteiger partial charge on any atom is -0.394 e. The Morgan fingerprint density at radius 1 is 1.20 bits per heavy atom. The zero-order valence-corrected chi connectivity index (χ0v) is 12.2. The van der Waals surface area contributed by atoms with Gasteiger partial charge in [-0.1, -0.05) is 11.6 Å². The number of amides is 1. The fourth-order valence-electron chi connectivity index (χ4n) is 1.49. The van der Waals surface area contributed by atoms with Crippen molar-refractivity contribution in [2.24, 2.45) is 0 Å². The second-order valence-electron chi connectivity index (χ2n) is 3.94. The van der Waals surface area contributed by atoms with Crippen molar-refractivity contribution in [3.8, 4) is 0 Å². The van der Waals surface area contributed by atoms with E-state index in [-0.39, 0.29) is 5.56 Å². The Morgan fingerprint density at radius 3 is 2.35 bits per heavy atom. The van der Waals surface area contributed by atoms with Gasteiger partial charge in [0, 0.05) is 15.7 Å². The normalized spacial score (nSPS) is 10.4. The van der Waals surface area contributed by atoms with Gasteiger partial charge in [-0.2, -0.15) is 0 Å². The molecule has 2 aromatic carbocycles. The van der Waals surface area contributed by atoms with E-state index in [1.165, 1.54) is 6.07 Å². The molecule has 3 nitrogen and oxygen atoms in total. The van der Waals surface area contributed by atoms with Crippen LogP contribution in [-0.4, -0.2) is 5.91 Å². The second kappa shape index (κ2) is 5.76. The maximum atomic E-state index is 13.3. The van der Waals surface area contributed by atoms with E-state index in [0.29, 0.717) is 15.2 Å². The highest BCUT2D eigenvalue weighted by atomic mass is 79.9. The van der Waals surface area contributed by atoms with E-state index in [2.05, 4.69) is 21.2 Å². The van der Waals surface area contributed by atoms with Crippen LogP contribution in [0.25, 0.3) is 0 Å². The number of hydrogen-bond donors (Lipinski definition) is 2. The quantitative estimate of drug-likeness (QED) is 0.787. The summed E-state index contributed by atoms with van der Waals surface area (Å²) in [6, 6.07) is 6.48. The molecule has 20 heavy (non-hydrogen) atoms. The molecule has 0 saturated carbocycles. The molecule has 0 unspecified atom stereocenters. The van der Waals surface area contributed by atoms with Crippen molar-refractivity contribution in [2.75, 3.05) is 11.1 Å². The fourth-order valence-corrected chi connectivity index (χ4v) is 1.92. The van der Waals surface area contributed by atoms with Crippen molar-refractivity contribution in [3.63, 3.8) is 0 Å². The third-order valence-corrected chi connectivity index (χ3v) is 3.75. The summed E-state index contributed by atoms with van der Waals surface area (Å²) in [4.78, 5) is 11.9. The topological polar surface area (TPSA) is 55.1 Å². The molecule has 0 aliphatic carbocycles. The first kappa shape index (κ1) is 14.7. The van der Waals surface area contributed by atoms with Crippen LogP contribution < -0.4 is 11.1 Å². The molecule has 0 bridgehead atoms. The number of nitrogens with one attached hydrogen (secondary N) is 1. The molecule has 0 aliphatic rings. The van der Waals surface area contributed by atoms with Crippen LogP contribution in [-0.2, 0) is 0 Å². The molecule has 0 saturated heterocycles. The maximum absolute atomic E-state index is 13.3. The molecule has 0 atom stereocenters. The third-order valence-electron chi connectivity index (χ3n) is 2.52.